The van der Waals surface area contributed by atoms with Gasteiger partial charge in [-0.1, -0.05) is 0 Å². The molecule has 0 unspecified atom stereocenters. The van der Waals surface area contributed by atoms with Gasteiger partial charge in [-0.2, -0.15) is 0 Å². The molecule has 2 N–H and O–H groups in total. The van der Waals surface area contributed by atoms with Crippen molar-refractivity contribution in [2.75, 3.05) is 19.7 Å². The molecule has 1 aromatic rings. The number of nitrogens with two attached hydrogens (primary N) is 1. The van der Waals surface area contributed by atoms with E-state index < -0.39 is 0 Å². The number of amides is 1. The molecule has 4 nitrogen and oxygen atoms in total. The van der Waals surface area contributed by atoms with Crippen molar-refractivity contribution in [2.24, 2.45) is 5.73 Å². The number of hydrogen-bond donors (Lipinski definition) is 1. The number of nitrogens with zero attached hydrogens (tertiary/aromatic N) is 1. The monoisotopic (exact) mass is 252 g/mol. The number of fused-ring (bicyclic) bond motifs is 1. The molecule has 0 radical (unpaired) electrons. The number of rotatable bonds is 1. The van der Waals surface area contributed by atoms with E-state index in [9.17, 15) is 4.79 Å². The highest BCUT2D eigenvalue weighted by atomic mass is 32.1. The Kier molecular flexibility index (Phi) is 2.90. The molecule has 3 heterocycles. The average molecular weight is 252 g/mol. The first-order valence-electron chi connectivity index (χ1n) is 5.98. The van der Waals surface area contributed by atoms with Gasteiger partial charge in [0.1, 0.15) is 0 Å². The molecule has 1 amide bonds. The van der Waals surface area contributed by atoms with Crippen LogP contribution >= 0.6 is 11.3 Å². The molecule has 0 aliphatic carbocycles. The molecule has 1 aromatic heterocycles. The minimum absolute atomic E-state index is 0.136. The van der Waals surface area contributed by atoms with Crippen LogP contribution in [0.1, 0.15) is 26.5 Å². The smallest absolute Gasteiger partial charge is 0.263 e. The number of carbonyl (C=O) groups is 1. The normalized spacial score (nSPS) is 23.8. The van der Waals surface area contributed by atoms with Crippen LogP contribution in [0.4, 0.5) is 0 Å². The fraction of sp³-hybridized carbons (Fsp3) is 0.583. The lowest BCUT2D eigenvalue weighted by Crippen LogP contribution is -2.31. The van der Waals surface area contributed by atoms with Gasteiger partial charge in [-0.15, -0.1) is 11.3 Å². The molecule has 2 aliphatic rings. The minimum atomic E-state index is 0.136. The molecular weight excluding hydrogens is 236 g/mol. The number of carbonyl (C=O) groups excluding carboxylic acids is 1. The zero-order valence-corrected chi connectivity index (χ0v) is 10.5. The van der Waals surface area contributed by atoms with Crippen LogP contribution < -0.4 is 5.73 Å². The molecule has 1 fully saturated rings. The van der Waals surface area contributed by atoms with Gasteiger partial charge in [0.2, 0.25) is 0 Å². The van der Waals surface area contributed by atoms with Crippen LogP contribution in [0.2, 0.25) is 0 Å². The molecule has 2 aliphatic heterocycles. The molecule has 3 rings (SSSR count). The van der Waals surface area contributed by atoms with E-state index in [-0.39, 0.29) is 11.9 Å². The van der Waals surface area contributed by atoms with Crippen LogP contribution in [0.5, 0.6) is 0 Å². The summed E-state index contributed by atoms with van der Waals surface area (Å²) in [6, 6.07) is 2.14. The lowest BCUT2D eigenvalue weighted by molar-refractivity contribution is 0.0795. The fourth-order valence-electron chi connectivity index (χ4n) is 2.38. The molecular formula is C12H16N2O2S. The van der Waals surface area contributed by atoms with Crippen molar-refractivity contribution in [1.29, 1.82) is 0 Å². The van der Waals surface area contributed by atoms with Gasteiger partial charge in [-0.05, 0) is 18.1 Å². The lowest BCUT2D eigenvalue weighted by atomic mass is 10.2. The summed E-state index contributed by atoms with van der Waals surface area (Å²) in [4.78, 5) is 16.3. The Morgan fingerprint density at radius 2 is 2.47 bits per heavy atom. The Morgan fingerprint density at radius 3 is 3.18 bits per heavy atom. The first kappa shape index (κ1) is 11.2. The highest BCUT2D eigenvalue weighted by molar-refractivity contribution is 7.14. The lowest BCUT2D eigenvalue weighted by Gasteiger charge is -2.14. The van der Waals surface area contributed by atoms with E-state index in [0.29, 0.717) is 13.2 Å². The second kappa shape index (κ2) is 4.40. The van der Waals surface area contributed by atoms with Crippen LogP contribution in [0.25, 0.3) is 0 Å². The van der Waals surface area contributed by atoms with Gasteiger partial charge in [-0.3, -0.25) is 4.79 Å². The summed E-state index contributed by atoms with van der Waals surface area (Å²) < 4.78 is 5.39. The van der Waals surface area contributed by atoms with E-state index in [0.717, 1.165) is 30.9 Å². The first-order chi connectivity index (χ1) is 8.24. The van der Waals surface area contributed by atoms with E-state index >= 15 is 0 Å². The Hall–Kier alpha value is -0.910. The standard InChI is InChI=1S/C12H16N2O2S/c13-9-1-3-14(6-9)12(15)11-5-8-7-16-4-2-10(8)17-11/h5,9H,1-4,6-7,13H2/t9-/m1/s1. The van der Waals surface area contributed by atoms with Gasteiger partial charge >= 0.3 is 0 Å². The summed E-state index contributed by atoms with van der Waals surface area (Å²) in [6.07, 6.45) is 1.85. The summed E-state index contributed by atoms with van der Waals surface area (Å²) in [6.45, 7) is 2.91. The topological polar surface area (TPSA) is 55.6 Å². The van der Waals surface area contributed by atoms with Crippen LogP contribution in [-0.2, 0) is 17.8 Å². The maximum absolute atomic E-state index is 12.3. The van der Waals surface area contributed by atoms with Crippen LogP contribution in [-0.4, -0.2) is 36.5 Å². The maximum Gasteiger partial charge on any atom is 0.263 e. The van der Waals surface area contributed by atoms with E-state index in [1.807, 2.05) is 11.0 Å². The molecule has 5 heteroatoms. The average Bonchev–Trinajstić information content (AvgIpc) is 2.93. The van der Waals surface area contributed by atoms with Crippen LogP contribution in [0, 0.1) is 0 Å². The van der Waals surface area contributed by atoms with Crippen molar-refractivity contribution >= 4 is 17.2 Å². The molecule has 1 saturated heterocycles. The van der Waals surface area contributed by atoms with Gasteiger partial charge in [-0.25, -0.2) is 0 Å². The third kappa shape index (κ3) is 2.10. The fourth-order valence-corrected chi connectivity index (χ4v) is 3.50. The van der Waals surface area contributed by atoms with Gasteiger partial charge in [0, 0.05) is 30.4 Å². The van der Waals surface area contributed by atoms with Crippen molar-refractivity contribution < 1.29 is 9.53 Å². The number of likely N-dealkylation sites (tertiary alicyclic amines) is 1. The minimum Gasteiger partial charge on any atom is -0.376 e. The Morgan fingerprint density at radius 1 is 1.59 bits per heavy atom. The first-order valence-corrected chi connectivity index (χ1v) is 6.80. The molecule has 92 valence electrons. The third-order valence-corrected chi connectivity index (χ3v) is 4.58. The summed E-state index contributed by atoms with van der Waals surface area (Å²) in [7, 11) is 0. The molecule has 17 heavy (non-hydrogen) atoms. The second-order valence-corrected chi connectivity index (χ2v) is 5.80. The Balaban J connectivity index is 1.79. The summed E-state index contributed by atoms with van der Waals surface area (Å²) in [5.41, 5.74) is 7.02. The maximum atomic E-state index is 12.3. The predicted octanol–water partition coefficient (Wildman–Crippen LogP) is 0.994. The van der Waals surface area contributed by atoms with Gasteiger partial charge < -0.3 is 15.4 Å². The summed E-state index contributed by atoms with van der Waals surface area (Å²) >= 11 is 1.62. The van der Waals surface area contributed by atoms with E-state index in [4.69, 9.17) is 10.5 Å². The highest BCUT2D eigenvalue weighted by Crippen LogP contribution is 2.28. The van der Waals surface area contributed by atoms with Gasteiger partial charge in [0.05, 0.1) is 18.1 Å². The van der Waals surface area contributed by atoms with Crippen LogP contribution in [0.3, 0.4) is 0 Å². The molecule has 0 saturated carbocycles. The van der Waals surface area contributed by atoms with Crippen molar-refractivity contribution in [1.82, 2.24) is 4.90 Å². The number of hydrogen-bond acceptors (Lipinski definition) is 4. The number of thiophene rings is 1. The predicted molar refractivity (Wildman–Crippen MR) is 66.2 cm³/mol. The Bertz CT molecular complexity index is 420. The summed E-state index contributed by atoms with van der Waals surface area (Å²) in [5, 5.41) is 0. The highest BCUT2D eigenvalue weighted by Gasteiger charge is 2.26. The SMILES string of the molecule is N[C@@H]1CCN(C(=O)c2cc3c(s2)CCOC3)C1. The zero-order chi connectivity index (χ0) is 11.8. The van der Waals surface area contributed by atoms with E-state index in [2.05, 4.69) is 0 Å². The molecule has 0 aromatic carbocycles. The van der Waals surface area contributed by atoms with Crippen molar-refractivity contribution in [3.8, 4) is 0 Å². The van der Waals surface area contributed by atoms with Crippen molar-refractivity contribution in [3.63, 3.8) is 0 Å². The van der Waals surface area contributed by atoms with Crippen molar-refractivity contribution in [3.05, 3.63) is 21.4 Å². The molecule has 0 bridgehead atoms. The van der Waals surface area contributed by atoms with E-state index in [1.165, 1.54) is 10.4 Å². The Labute approximate surface area is 104 Å². The zero-order valence-electron chi connectivity index (χ0n) is 9.65. The quantitative estimate of drug-likeness (QED) is 0.811. The molecule has 0 spiro atoms. The van der Waals surface area contributed by atoms with E-state index in [1.54, 1.807) is 11.3 Å². The second-order valence-electron chi connectivity index (χ2n) is 4.66. The number of ether oxygens (including phenoxy) is 1. The third-order valence-electron chi connectivity index (χ3n) is 3.35. The van der Waals surface area contributed by atoms with Crippen molar-refractivity contribution in [2.45, 2.75) is 25.5 Å². The van der Waals surface area contributed by atoms with Gasteiger partial charge in [0.25, 0.3) is 5.91 Å². The summed E-state index contributed by atoms with van der Waals surface area (Å²) in [5.74, 6) is 0.136. The molecule has 1 atom stereocenters. The van der Waals surface area contributed by atoms with Gasteiger partial charge in [0.15, 0.2) is 0 Å². The van der Waals surface area contributed by atoms with Crippen LogP contribution in [0.15, 0.2) is 6.07 Å². The largest absolute Gasteiger partial charge is 0.376 e.